The van der Waals surface area contributed by atoms with Crippen LogP contribution in [0.2, 0.25) is 0 Å². The number of aryl methyl sites for hydroxylation is 1. The lowest BCUT2D eigenvalue weighted by Gasteiger charge is -2.11. The van der Waals surface area contributed by atoms with Crippen molar-refractivity contribution in [3.05, 3.63) is 62.6 Å². The van der Waals surface area contributed by atoms with Crippen molar-refractivity contribution in [2.45, 2.75) is 13.0 Å². The smallest absolute Gasteiger partial charge is 0.251 e. The van der Waals surface area contributed by atoms with E-state index in [9.17, 15) is 9.90 Å². The minimum atomic E-state index is -0.686. The summed E-state index contributed by atoms with van der Waals surface area (Å²) in [6.45, 7) is 2.14. The average molecular weight is 344 g/mol. The topological polar surface area (TPSA) is 62.2 Å². The number of hydrogen-bond acceptors (Lipinski definition) is 5. The van der Waals surface area contributed by atoms with Crippen LogP contribution < -0.4 is 5.32 Å². The number of aliphatic hydroxyl groups excluding tert-OH is 1. The van der Waals surface area contributed by atoms with Crippen molar-refractivity contribution >= 4 is 28.6 Å². The Labute approximate surface area is 142 Å². The maximum atomic E-state index is 12.3. The van der Waals surface area contributed by atoms with Crippen molar-refractivity contribution in [2.24, 2.45) is 0 Å². The van der Waals surface area contributed by atoms with Gasteiger partial charge in [-0.3, -0.25) is 4.79 Å². The van der Waals surface area contributed by atoms with Gasteiger partial charge in [-0.25, -0.2) is 4.98 Å². The molecular formula is C17H16N2O2S2. The van der Waals surface area contributed by atoms with E-state index in [1.54, 1.807) is 17.4 Å². The largest absolute Gasteiger partial charge is 0.387 e. The second-order valence-corrected chi connectivity index (χ2v) is 6.96. The summed E-state index contributed by atoms with van der Waals surface area (Å²) in [5, 5.41) is 19.5. The third-order valence-electron chi connectivity index (χ3n) is 3.42. The Bertz CT molecular complexity index is 797. The summed E-state index contributed by atoms with van der Waals surface area (Å²) < 4.78 is 0. The molecule has 0 aliphatic carbocycles. The van der Waals surface area contributed by atoms with Crippen LogP contribution in [0.5, 0.6) is 0 Å². The van der Waals surface area contributed by atoms with Gasteiger partial charge in [0.05, 0.1) is 16.8 Å². The van der Waals surface area contributed by atoms with Gasteiger partial charge < -0.3 is 10.4 Å². The standard InChI is InChI=1S/C17H16N2O2S2/c1-11-19-15(10-23-11)12-3-2-4-13(7-12)17(21)18-8-16(20)14-5-6-22-9-14/h2-7,9-10,16,20H,8H2,1H3,(H,18,21). The van der Waals surface area contributed by atoms with Crippen molar-refractivity contribution in [3.63, 3.8) is 0 Å². The predicted molar refractivity (Wildman–Crippen MR) is 93.9 cm³/mol. The molecule has 0 spiro atoms. The highest BCUT2D eigenvalue weighted by Crippen LogP contribution is 2.22. The fraction of sp³-hybridized carbons (Fsp3) is 0.176. The van der Waals surface area contributed by atoms with Crippen LogP contribution in [-0.4, -0.2) is 22.5 Å². The number of nitrogens with one attached hydrogen (secondary N) is 1. The van der Waals surface area contributed by atoms with Gasteiger partial charge in [0.15, 0.2) is 0 Å². The number of hydrogen-bond donors (Lipinski definition) is 2. The Morgan fingerprint density at radius 2 is 2.22 bits per heavy atom. The first-order chi connectivity index (χ1) is 11.1. The number of thiazole rings is 1. The van der Waals surface area contributed by atoms with Crippen LogP contribution in [-0.2, 0) is 0 Å². The molecule has 1 amide bonds. The summed E-state index contributed by atoms with van der Waals surface area (Å²) in [5.74, 6) is -0.201. The molecule has 0 aliphatic heterocycles. The molecule has 0 bridgehead atoms. The molecule has 2 aromatic heterocycles. The molecular weight excluding hydrogens is 328 g/mol. The van der Waals surface area contributed by atoms with Crippen molar-refractivity contribution in [1.82, 2.24) is 10.3 Å². The van der Waals surface area contributed by atoms with E-state index >= 15 is 0 Å². The summed E-state index contributed by atoms with van der Waals surface area (Å²) in [4.78, 5) is 16.7. The highest BCUT2D eigenvalue weighted by atomic mass is 32.1. The first kappa shape index (κ1) is 15.9. The van der Waals surface area contributed by atoms with E-state index in [2.05, 4.69) is 10.3 Å². The number of nitrogens with zero attached hydrogens (tertiary/aromatic N) is 1. The quantitative estimate of drug-likeness (QED) is 0.743. The molecule has 0 aliphatic rings. The van der Waals surface area contributed by atoms with Crippen LogP contribution in [0.1, 0.15) is 27.0 Å². The van der Waals surface area contributed by atoms with Gasteiger partial charge in [-0.05, 0) is 41.4 Å². The van der Waals surface area contributed by atoms with Gasteiger partial charge in [0.2, 0.25) is 0 Å². The number of aromatic nitrogens is 1. The lowest BCUT2D eigenvalue weighted by molar-refractivity contribution is 0.0916. The third-order valence-corrected chi connectivity index (χ3v) is 4.90. The molecule has 0 fully saturated rings. The van der Waals surface area contributed by atoms with E-state index in [1.807, 2.05) is 47.3 Å². The zero-order valence-corrected chi connectivity index (χ0v) is 14.2. The summed E-state index contributed by atoms with van der Waals surface area (Å²) in [5.41, 5.74) is 3.17. The third kappa shape index (κ3) is 3.85. The van der Waals surface area contributed by atoms with Crippen LogP contribution in [0.4, 0.5) is 0 Å². The Morgan fingerprint density at radius 3 is 2.91 bits per heavy atom. The SMILES string of the molecule is Cc1nc(-c2cccc(C(=O)NCC(O)c3ccsc3)c2)cs1. The zero-order valence-electron chi connectivity index (χ0n) is 12.5. The number of carbonyl (C=O) groups excluding carboxylic acids is 1. The maximum absolute atomic E-state index is 12.3. The summed E-state index contributed by atoms with van der Waals surface area (Å²) in [6, 6.07) is 9.21. The molecule has 23 heavy (non-hydrogen) atoms. The second-order valence-electron chi connectivity index (χ2n) is 5.12. The molecule has 1 aromatic carbocycles. The van der Waals surface area contributed by atoms with Crippen LogP contribution in [0, 0.1) is 6.92 Å². The van der Waals surface area contributed by atoms with E-state index in [4.69, 9.17) is 0 Å². The van der Waals surface area contributed by atoms with Gasteiger partial charge in [0, 0.05) is 23.1 Å². The Balaban J connectivity index is 1.68. The van der Waals surface area contributed by atoms with Gasteiger partial charge in [-0.2, -0.15) is 11.3 Å². The summed E-state index contributed by atoms with van der Waals surface area (Å²) in [7, 11) is 0. The number of aliphatic hydroxyl groups is 1. The molecule has 6 heteroatoms. The molecule has 1 unspecified atom stereocenters. The molecule has 2 heterocycles. The number of amides is 1. The van der Waals surface area contributed by atoms with Gasteiger partial charge in [0.1, 0.15) is 0 Å². The summed E-state index contributed by atoms with van der Waals surface area (Å²) >= 11 is 3.10. The van der Waals surface area contributed by atoms with Crippen LogP contribution in [0.25, 0.3) is 11.3 Å². The Hall–Kier alpha value is -2.02. The van der Waals surface area contributed by atoms with Crippen molar-refractivity contribution < 1.29 is 9.90 Å². The van der Waals surface area contributed by atoms with E-state index in [1.165, 1.54) is 11.3 Å². The predicted octanol–water partition coefficient (Wildman–Crippen LogP) is 3.64. The first-order valence-electron chi connectivity index (χ1n) is 7.14. The Morgan fingerprint density at radius 1 is 1.35 bits per heavy atom. The molecule has 118 valence electrons. The minimum absolute atomic E-state index is 0.190. The minimum Gasteiger partial charge on any atom is -0.387 e. The van der Waals surface area contributed by atoms with E-state index in [0.717, 1.165) is 21.8 Å². The number of thiophene rings is 1. The molecule has 0 saturated heterocycles. The van der Waals surface area contributed by atoms with Crippen molar-refractivity contribution in [1.29, 1.82) is 0 Å². The maximum Gasteiger partial charge on any atom is 0.251 e. The molecule has 3 rings (SSSR count). The van der Waals surface area contributed by atoms with E-state index in [0.29, 0.717) is 5.56 Å². The lowest BCUT2D eigenvalue weighted by atomic mass is 10.1. The van der Waals surface area contributed by atoms with Gasteiger partial charge in [-0.1, -0.05) is 12.1 Å². The van der Waals surface area contributed by atoms with Gasteiger partial charge in [0.25, 0.3) is 5.91 Å². The highest BCUT2D eigenvalue weighted by Gasteiger charge is 2.12. The number of carbonyl (C=O) groups is 1. The van der Waals surface area contributed by atoms with E-state index in [-0.39, 0.29) is 12.5 Å². The molecule has 0 saturated carbocycles. The normalized spacial score (nSPS) is 12.1. The highest BCUT2D eigenvalue weighted by molar-refractivity contribution is 7.09. The fourth-order valence-electron chi connectivity index (χ4n) is 2.19. The molecule has 2 N–H and O–H groups in total. The molecule has 3 aromatic rings. The Kier molecular flexibility index (Phi) is 4.85. The lowest BCUT2D eigenvalue weighted by Crippen LogP contribution is -2.28. The average Bonchev–Trinajstić information content (AvgIpc) is 3.24. The monoisotopic (exact) mass is 344 g/mol. The van der Waals surface area contributed by atoms with Crippen molar-refractivity contribution in [3.8, 4) is 11.3 Å². The molecule has 0 radical (unpaired) electrons. The summed E-state index contributed by atoms with van der Waals surface area (Å²) in [6.07, 6.45) is -0.686. The van der Waals surface area contributed by atoms with Gasteiger partial charge >= 0.3 is 0 Å². The second kappa shape index (κ2) is 7.04. The molecule has 1 atom stereocenters. The van der Waals surface area contributed by atoms with Crippen LogP contribution >= 0.6 is 22.7 Å². The number of rotatable bonds is 5. The fourth-order valence-corrected chi connectivity index (χ4v) is 3.52. The van der Waals surface area contributed by atoms with Crippen molar-refractivity contribution in [2.75, 3.05) is 6.54 Å². The zero-order chi connectivity index (χ0) is 16.2. The first-order valence-corrected chi connectivity index (χ1v) is 8.96. The molecule has 4 nitrogen and oxygen atoms in total. The van der Waals surface area contributed by atoms with Crippen LogP contribution in [0.15, 0.2) is 46.5 Å². The number of benzene rings is 1. The van der Waals surface area contributed by atoms with Gasteiger partial charge in [-0.15, -0.1) is 11.3 Å². The van der Waals surface area contributed by atoms with E-state index < -0.39 is 6.10 Å². The van der Waals surface area contributed by atoms with Crippen LogP contribution in [0.3, 0.4) is 0 Å².